The van der Waals surface area contributed by atoms with E-state index in [2.05, 4.69) is 0 Å². The summed E-state index contributed by atoms with van der Waals surface area (Å²) >= 11 is 0. The Balaban J connectivity index is 2.97. The van der Waals surface area contributed by atoms with E-state index >= 15 is 0 Å². The van der Waals surface area contributed by atoms with Gasteiger partial charge in [0.15, 0.2) is 0 Å². The zero-order valence-electron chi connectivity index (χ0n) is 9.46. The van der Waals surface area contributed by atoms with Crippen LogP contribution in [0.3, 0.4) is 0 Å². The van der Waals surface area contributed by atoms with Crippen molar-refractivity contribution >= 4 is 0 Å². The van der Waals surface area contributed by atoms with Crippen molar-refractivity contribution in [1.29, 1.82) is 0 Å². The first-order chi connectivity index (χ1) is 7.12. The Hall–Kier alpha value is -0.890. The fraction of sp³-hybridized carbons (Fsp3) is 0.538. The summed E-state index contributed by atoms with van der Waals surface area (Å²) in [6, 6.07) is 6.29. The number of rotatable bonds is 5. The minimum atomic E-state index is -0.856. The summed E-state index contributed by atoms with van der Waals surface area (Å²) in [4.78, 5) is 0. The number of halogens is 1. The SMILES string of the molecule is CCCC(O)(CCC)c1cccc(F)c1. The normalized spacial score (nSPS) is 11.7. The van der Waals surface area contributed by atoms with Crippen molar-refractivity contribution < 1.29 is 9.50 Å². The van der Waals surface area contributed by atoms with Crippen LogP contribution in [0.4, 0.5) is 4.39 Å². The molecular weight excluding hydrogens is 191 g/mol. The first-order valence-electron chi connectivity index (χ1n) is 5.61. The molecule has 0 radical (unpaired) electrons. The van der Waals surface area contributed by atoms with E-state index in [4.69, 9.17) is 0 Å². The molecule has 0 aliphatic rings. The van der Waals surface area contributed by atoms with Gasteiger partial charge in [-0.1, -0.05) is 38.8 Å². The van der Waals surface area contributed by atoms with Gasteiger partial charge in [-0.05, 0) is 30.5 Å². The second kappa shape index (κ2) is 5.26. The Morgan fingerprint density at radius 1 is 1.20 bits per heavy atom. The molecule has 0 fully saturated rings. The number of benzene rings is 1. The van der Waals surface area contributed by atoms with E-state index in [1.807, 2.05) is 13.8 Å². The molecule has 0 saturated heterocycles. The molecule has 15 heavy (non-hydrogen) atoms. The molecule has 1 rings (SSSR count). The van der Waals surface area contributed by atoms with Crippen molar-refractivity contribution in [1.82, 2.24) is 0 Å². The number of aliphatic hydroxyl groups is 1. The monoisotopic (exact) mass is 210 g/mol. The third-order valence-electron chi connectivity index (χ3n) is 2.69. The molecule has 0 saturated carbocycles. The lowest BCUT2D eigenvalue weighted by Crippen LogP contribution is -2.25. The smallest absolute Gasteiger partial charge is 0.123 e. The van der Waals surface area contributed by atoms with Gasteiger partial charge in [-0.3, -0.25) is 0 Å². The Morgan fingerprint density at radius 2 is 1.80 bits per heavy atom. The molecule has 1 aromatic rings. The molecule has 0 heterocycles. The molecule has 0 bridgehead atoms. The van der Waals surface area contributed by atoms with Crippen molar-refractivity contribution in [3.05, 3.63) is 35.6 Å². The zero-order valence-corrected chi connectivity index (χ0v) is 9.46. The van der Waals surface area contributed by atoms with Gasteiger partial charge < -0.3 is 5.11 Å². The maximum atomic E-state index is 13.1. The van der Waals surface area contributed by atoms with Crippen molar-refractivity contribution in [3.63, 3.8) is 0 Å². The van der Waals surface area contributed by atoms with Crippen molar-refractivity contribution in [3.8, 4) is 0 Å². The number of hydrogen-bond acceptors (Lipinski definition) is 1. The number of hydrogen-bond donors (Lipinski definition) is 1. The fourth-order valence-electron chi connectivity index (χ4n) is 2.02. The van der Waals surface area contributed by atoms with Crippen LogP contribution in [-0.2, 0) is 5.60 Å². The summed E-state index contributed by atoms with van der Waals surface area (Å²) in [7, 11) is 0. The van der Waals surface area contributed by atoms with Crippen molar-refractivity contribution in [2.24, 2.45) is 0 Å². The second-order valence-corrected chi connectivity index (χ2v) is 4.04. The predicted molar refractivity (Wildman–Crippen MR) is 60.1 cm³/mol. The summed E-state index contributed by atoms with van der Waals surface area (Å²) in [6.45, 7) is 4.06. The van der Waals surface area contributed by atoms with Gasteiger partial charge in [0.2, 0.25) is 0 Å². The second-order valence-electron chi connectivity index (χ2n) is 4.04. The summed E-state index contributed by atoms with van der Waals surface area (Å²) in [5.74, 6) is -0.280. The van der Waals surface area contributed by atoms with Gasteiger partial charge in [-0.25, -0.2) is 4.39 Å². The Bertz CT molecular complexity index is 303. The Morgan fingerprint density at radius 3 is 2.27 bits per heavy atom. The molecule has 1 nitrogen and oxygen atoms in total. The average molecular weight is 210 g/mol. The molecule has 0 aliphatic carbocycles. The van der Waals surface area contributed by atoms with Crippen LogP contribution in [0.15, 0.2) is 24.3 Å². The van der Waals surface area contributed by atoms with Gasteiger partial charge >= 0.3 is 0 Å². The largest absolute Gasteiger partial charge is 0.385 e. The summed E-state index contributed by atoms with van der Waals surface area (Å²) in [5, 5.41) is 10.4. The average Bonchev–Trinajstić information content (AvgIpc) is 2.18. The van der Waals surface area contributed by atoms with E-state index in [0.29, 0.717) is 18.4 Å². The van der Waals surface area contributed by atoms with E-state index in [0.717, 1.165) is 12.8 Å². The molecule has 1 N–H and O–H groups in total. The van der Waals surface area contributed by atoms with Crippen LogP contribution in [0, 0.1) is 5.82 Å². The highest BCUT2D eigenvalue weighted by molar-refractivity contribution is 5.23. The van der Waals surface area contributed by atoms with Crippen LogP contribution in [0.25, 0.3) is 0 Å². The third kappa shape index (κ3) is 3.03. The zero-order chi connectivity index (χ0) is 11.3. The summed E-state index contributed by atoms with van der Waals surface area (Å²) in [6.07, 6.45) is 3.16. The Kier molecular flexibility index (Phi) is 4.28. The first kappa shape index (κ1) is 12.2. The van der Waals surface area contributed by atoms with E-state index in [1.165, 1.54) is 12.1 Å². The summed E-state index contributed by atoms with van der Waals surface area (Å²) in [5.41, 5.74) is -0.155. The molecule has 84 valence electrons. The van der Waals surface area contributed by atoms with E-state index in [-0.39, 0.29) is 5.82 Å². The fourth-order valence-corrected chi connectivity index (χ4v) is 2.02. The minimum absolute atomic E-state index is 0.280. The van der Waals surface area contributed by atoms with E-state index in [1.54, 1.807) is 12.1 Å². The first-order valence-corrected chi connectivity index (χ1v) is 5.61. The molecule has 0 unspecified atom stereocenters. The topological polar surface area (TPSA) is 20.2 Å². The van der Waals surface area contributed by atoms with Gasteiger partial charge in [0.1, 0.15) is 5.82 Å². The third-order valence-corrected chi connectivity index (χ3v) is 2.69. The predicted octanol–water partition coefficient (Wildman–Crippen LogP) is 3.61. The van der Waals surface area contributed by atoms with Gasteiger partial charge in [-0.15, -0.1) is 0 Å². The highest BCUT2D eigenvalue weighted by Crippen LogP contribution is 2.31. The van der Waals surface area contributed by atoms with Gasteiger partial charge in [0.05, 0.1) is 5.60 Å². The van der Waals surface area contributed by atoms with Crippen LogP contribution in [0.5, 0.6) is 0 Å². The van der Waals surface area contributed by atoms with Crippen LogP contribution in [-0.4, -0.2) is 5.11 Å². The molecule has 0 atom stereocenters. The lowest BCUT2D eigenvalue weighted by molar-refractivity contribution is 0.0167. The molecule has 0 spiro atoms. The molecule has 1 aromatic carbocycles. The van der Waals surface area contributed by atoms with Crippen LogP contribution >= 0.6 is 0 Å². The molecular formula is C13H19FO. The van der Waals surface area contributed by atoms with Crippen LogP contribution in [0.1, 0.15) is 45.1 Å². The van der Waals surface area contributed by atoms with Crippen LogP contribution < -0.4 is 0 Å². The summed E-state index contributed by atoms with van der Waals surface area (Å²) < 4.78 is 13.1. The molecule has 0 aliphatic heterocycles. The lowest BCUT2D eigenvalue weighted by Gasteiger charge is -2.28. The van der Waals surface area contributed by atoms with Crippen molar-refractivity contribution in [2.75, 3.05) is 0 Å². The molecule has 0 amide bonds. The highest BCUT2D eigenvalue weighted by Gasteiger charge is 2.27. The standard InChI is InChI=1S/C13H19FO/c1-3-8-13(15,9-4-2)11-6-5-7-12(14)10-11/h5-7,10,15H,3-4,8-9H2,1-2H3. The molecule has 2 heteroatoms. The highest BCUT2D eigenvalue weighted by atomic mass is 19.1. The van der Waals surface area contributed by atoms with Crippen LogP contribution in [0.2, 0.25) is 0 Å². The quantitative estimate of drug-likeness (QED) is 0.787. The maximum Gasteiger partial charge on any atom is 0.123 e. The van der Waals surface area contributed by atoms with Gasteiger partial charge in [0, 0.05) is 0 Å². The Labute approximate surface area is 90.9 Å². The van der Waals surface area contributed by atoms with Crippen molar-refractivity contribution in [2.45, 2.75) is 45.1 Å². The van der Waals surface area contributed by atoms with E-state index in [9.17, 15) is 9.50 Å². The van der Waals surface area contributed by atoms with Gasteiger partial charge in [0.25, 0.3) is 0 Å². The van der Waals surface area contributed by atoms with E-state index < -0.39 is 5.60 Å². The van der Waals surface area contributed by atoms with Gasteiger partial charge in [-0.2, -0.15) is 0 Å². The maximum absolute atomic E-state index is 13.1. The molecule has 0 aromatic heterocycles. The lowest BCUT2D eigenvalue weighted by atomic mass is 9.85. The minimum Gasteiger partial charge on any atom is -0.385 e.